The maximum absolute atomic E-state index is 10.7. The molecule has 0 aliphatic heterocycles. The molecule has 1 saturated carbocycles. The zero-order chi connectivity index (χ0) is 13.2. The lowest BCUT2D eigenvalue weighted by atomic mass is 9.77. The number of methoxy groups -OCH3 is 1. The third-order valence-corrected chi connectivity index (χ3v) is 4.91. The average Bonchev–Trinajstić information content (AvgIpc) is 2.85. The van der Waals surface area contributed by atoms with Crippen molar-refractivity contribution in [3.63, 3.8) is 0 Å². The summed E-state index contributed by atoms with van der Waals surface area (Å²) in [5, 5.41) is 12.6. The quantitative estimate of drug-likeness (QED) is 0.909. The fraction of sp³-hybridized carbons (Fsp3) is 0.375. The van der Waals surface area contributed by atoms with Crippen LogP contribution in [-0.4, -0.2) is 12.2 Å². The molecule has 1 aliphatic rings. The molecule has 1 aromatic carbocycles. The smallest absolute Gasteiger partial charge is 0.135 e. The first kappa shape index (κ1) is 12.7. The predicted molar refractivity (Wildman–Crippen MR) is 78.0 cm³/mol. The lowest BCUT2D eigenvalue weighted by Crippen LogP contribution is -2.13. The minimum atomic E-state index is -0.577. The van der Waals surface area contributed by atoms with Gasteiger partial charge >= 0.3 is 0 Å². The normalized spacial score (nSPS) is 16.9. The fourth-order valence-corrected chi connectivity index (χ4v) is 3.53. The van der Waals surface area contributed by atoms with E-state index in [1.165, 1.54) is 24.8 Å². The van der Waals surface area contributed by atoms with Crippen molar-refractivity contribution in [2.75, 3.05) is 7.11 Å². The van der Waals surface area contributed by atoms with Gasteiger partial charge in [-0.05, 0) is 41.3 Å². The van der Waals surface area contributed by atoms with Crippen LogP contribution in [0.4, 0.5) is 0 Å². The van der Waals surface area contributed by atoms with E-state index in [9.17, 15) is 5.11 Å². The molecule has 1 fully saturated rings. The Kier molecular flexibility index (Phi) is 3.58. The molecule has 2 nitrogen and oxygen atoms in total. The molecule has 1 aromatic heterocycles. The zero-order valence-corrected chi connectivity index (χ0v) is 11.8. The number of hydrogen-bond donors (Lipinski definition) is 1. The van der Waals surface area contributed by atoms with Gasteiger partial charge in [-0.1, -0.05) is 30.7 Å². The summed E-state index contributed by atoms with van der Waals surface area (Å²) < 4.78 is 5.32. The van der Waals surface area contributed by atoms with Crippen molar-refractivity contribution in [3.8, 4) is 5.75 Å². The SMILES string of the molecule is COc1ccsc1C(O)c1ccccc1C1CCC1. The van der Waals surface area contributed by atoms with E-state index in [0.29, 0.717) is 5.92 Å². The van der Waals surface area contributed by atoms with Crippen molar-refractivity contribution in [1.82, 2.24) is 0 Å². The number of thiophene rings is 1. The summed E-state index contributed by atoms with van der Waals surface area (Å²) in [6, 6.07) is 10.2. The summed E-state index contributed by atoms with van der Waals surface area (Å²) in [5.41, 5.74) is 2.34. The van der Waals surface area contributed by atoms with Crippen molar-refractivity contribution >= 4 is 11.3 Å². The standard InChI is InChI=1S/C16H18O2S/c1-18-14-9-10-19-16(14)15(17)13-8-3-2-7-12(13)11-5-4-6-11/h2-3,7-11,15,17H,4-6H2,1H3. The Morgan fingerprint density at radius 3 is 2.74 bits per heavy atom. The van der Waals surface area contributed by atoms with E-state index in [0.717, 1.165) is 16.2 Å². The summed E-state index contributed by atoms with van der Waals surface area (Å²) in [7, 11) is 1.65. The highest BCUT2D eigenvalue weighted by Gasteiger charge is 2.26. The highest BCUT2D eigenvalue weighted by atomic mass is 32.1. The van der Waals surface area contributed by atoms with Crippen LogP contribution in [0.15, 0.2) is 35.7 Å². The molecular weight excluding hydrogens is 256 g/mol. The molecule has 0 spiro atoms. The van der Waals surface area contributed by atoms with Gasteiger partial charge in [-0.3, -0.25) is 0 Å². The maximum Gasteiger partial charge on any atom is 0.135 e. The van der Waals surface area contributed by atoms with Gasteiger partial charge in [-0.2, -0.15) is 0 Å². The van der Waals surface area contributed by atoms with E-state index in [2.05, 4.69) is 12.1 Å². The van der Waals surface area contributed by atoms with Crippen molar-refractivity contribution < 1.29 is 9.84 Å². The molecule has 1 aliphatic carbocycles. The number of hydrogen-bond acceptors (Lipinski definition) is 3. The molecule has 0 radical (unpaired) electrons. The molecule has 1 heterocycles. The summed E-state index contributed by atoms with van der Waals surface area (Å²) in [6.45, 7) is 0. The minimum Gasteiger partial charge on any atom is -0.495 e. The van der Waals surface area contributed by atoms with Crippen LogP contribution >= 0.6 is 11.3 Å². The van der Waals surface area contributed by atoms with Crippen molar-refractivity contribution in [1.29, 1.82) is 0 Å². The molecule has 100 valence electrons. The van der Waals surface area contributed by atoms with E-state index in [4.69, 9.17) is 4.74 Å². The van der Waals surface area contributed by atoms with Gasteiger partial charge in [0, 0.05) is 0 Å². The summed E-state index contributed by atoms with van der Waals surface area (Å²) in [4.78, 5) is 0.897. The molecule has 0 saturated heterocycles. The maximum atomic E-state index is 10.7. The lowest BCUT2D eigenvalue weighted by molar-refractivity contribution is 0.216. The van der Waals surface area contributed by atoms with Crippen LogP contribution < -0.4 is 4.74 Å². The van der Waals surface area contributed by atoms with Gasteiger partial charge in [-0.15, -0.1) is 11.3 Å². The number of ether oxygens (including phenoxy) is 1. The van der Waals surface area contributed by atoms with Crippen molar-refractivity contribution in [3.05, 3.63) is 51.7 Å². The van der Waals surface area contributed by atoms with Gasteiger partial charge in [0.05, 0.1) is 12.0 Å². The third kappa shape index (κ3) is 2.28. The average molecular weight is 274 g/mol. The lowest BCUT2D eigenvalue weighted by Gasteiger charge is -2.29. The molecule has 0 amide bonds. The number of aliphatic hydroxyl groups excluding tert-OH is 1. The first-order valence-corrected chi connectivity index (χ1v) is 7.57. The second-order valence-electron chi connectivity index (χ2n) is 5.01. The van der Waals surface area contributed by atoms with E-state index in [-0.39, 0.29) is 0 Å². The van der Waals surface area contributed by atoms with Crippen molar-refractivity contribution in [2.45, 2.75) is 31.3 Å². The highest BCUT2D eigenvalue weighted by molar-refractivity contribution is 7.10. The highest BCUT2D eigenvalue weighted by Crippen LogP contribution is 2.42. The van der Waals surface area contributed by atoms with Crippen LogP contribution in [0.3, 0.4) is 0 Å². The van der Waals surface area contributed by atoms with Crippen LogP contribution in [0, 0.1) is 0 Å². The van der Waals surface area contributed by atoms with Crippen molar-refractivity contribution in [2.24, 2.45) is 0 Å². The molecule has 3 rings (SSSR count). The van der Waals surface area contributed by atoms with E-state index < -0.39 is 6.10 Å². The Morgan fingerprint density at radius 2 is 2.05 bits per heavy atom. The molecule has 1 atom stereocenters. The van der Waals surface area contributed by atoms with Gasteiger partial charge in [0.1, 0.15) is 11.9 Å². The topological polar surface area (TPSA) is 29.5 Å². The van der Waals surface area contributed by atoms with Gasteiger partial charge in [-0.25, -0.2) is 0 Å². The van der Waals surface area contributed by atoms with Crippen LogP contribution in [0.2, 0.25) is 0 Å². The Hall–Kier alpha value is -1.32. The first-order chi connectivity index (χ1) is 9.31. The van der Waals surface area contributed by atoms with Gasteiger partial charge in [0.25, 0.3) is 0 Å². The zero-order valence-electron chi connectivity index (χ0n) is 11.0. The molecule has 0 bridgehead atoms. The molecular formula is C16H18O2S. The number of rotatable bonds is 4. The molecule has 3 heteroatoms. The van der Waals surface area contributed by atoms with E-state index >= 15 is 0 Å². The van der Waals surface area contributed by atoms with Gasteiger partial charge < -0.3 is 9.84 Å². The first-order valence-electron chi connectivity index (χ1n) is 6.69. The van der Waals surface area contributed by atoms with Crippen LogP contribution in [0.1, 0.15) is 47.3 Å². The van der Waals surface area contributed by atoms with Gasteiger partial charge in [0.15, 0.2) is 0 Å². The summed E-state index contributed by atoms with van der Waals surface area (Å²) >= 11 is 1.55. The predicted octanol–water partition coefficient (Wildman–Crippen LogP) is 4.11. The third-order valence-electron chi connectivity index (χ3n) is 3.96. The monoisotopic (exact) mass is 274 g/mol. The van der Waals surface area contributed by atoms with E-state index in [1.807, 2.05) is 23.6 Å². The molecule has 1 N–H and O–H groups in total. The van der Waals surface area contributed by atoms with Crippen LogP contribution in [0.5, 0.6) is 5.75 Å². The number of benzene rings is 1. The van der Waals surface area contributed by atoms with Crippen LogP contribution in [-0.2, 0) is 0 Å². The second kappa shape index (κ2) is 5.35. The second-order valence-corrected chi connectivity index (χ2v) is 5.96. The van der Waals surface area contributed by atoms with Gasteiger partial charge in [0.2, 0.25) is 0 Å². The number of aliphatic hydroxyl groups is 1. The Balaban J connectivity index is 1.97. The van der Waals surface area contributed by atoms with E-state index in [1.54, 1.807) is 18.4 Å². The Morgan fingerprint density at radius 1 is 1.26 bits per heavy atom. The summed E-state index contributed by atoms with van der Waals surface area (Å²) in [6.07, 6.45) is 3.21. The largest absolute Gasteiger partial charge is 0.495 e. The molecule has 1 unspecified atom stereocenters. The Labute approximate surface area is 117 Å². The molecule has 19 heavy (non-hydrogen) atoms. The fourth-order valence-electron chi connectivity index (χ4n) is 2.67. The minimum absolute atomic E-state index is 0.577. The van der Waals surface area contributed by atoms with Crippen LogP contribution in [0.25, 0.3) is 0 Å². The Bertz CT molecular complexity index is 557. The summed E-state index contributed by atoms with van der Waals surface area (Å²) in [5.74, 6) is 1.40. The molecule has 2 aromatic rings.